The van der Waals surface area contributed by atoms with E-state index in [1.54, 1.807) is 6.92 Å². The number of nitrogens with one attached hydrogen (secondary N) is 4. The van der Waals surface area contributed by atoms with Crippen LogP contribution in [0.2, 0.25) is 0 Å². The Kier molecular flexibility index (Phi) is 6.04. The maximum Gasteiger partial charge on any atom is 0.325 e. The third kappa shape index (κ3) is 4.92. The van der Waals surface area contributed by atoms with Crippen LogP contribution in [-0.4, -0.2) is 40.1 Å². The molecule has 110 valence electrons. The minimum Gasteiger partial charge on any atom is -0.355 e. The molecule has 4 N–H and O–H groups in total. The molecular formula is C11H16N4O4S. The van der Waals surface area contributed by atoms with Crippen molar-refractivity contribution in [3.63, 3.8) is 0 Å². The second-order valence-corrected chi connectivity index (χ2v) is 4.96. The van der Waals surface area contributed by atoms with Crippen molar-refractivity contribution in [3.8, 4) is 0 Å². The van der Waals surface area contributed by atoms with E-state index in [-0.39, 0.29) is 22.5 Å². The van der Waals surface area contributed by atoms with Crippen LogP contribution >= 0.6 is 11.8 Å². The monoisotopic (exact) mass is 300 g/mol. The summed E-state index contributed by atoms with van der Waals surface area (Å²) in [6.45, 7) is 3.52. The summed E-state index contributed by atoms with van der Waals surface area (Å²) in [6.07, 6.45) is 1.27. The van der Waals surface area contributed by atoms with Gasteiger partial charge in [0.05, 0.1) is 4.90 Å². The van der Waals surface area contributed by atoms with Crippen molar-refractivity contribution in [2.24, 2.45) is 0 Å². The highest BCUT2D eigenvalue weighted by molar-refractivity contribution is 7.99. The smallest absolute Gasteiger partial charge is 0.325 e. The Hall–Kier alpha value is -2.03. The zero-order chi connectivity index (χ0) is 15.1. The first kappa shape index (κ1) is 16.0. The summed E-state index contributed by atoms with van der Waals surface area (Å²) in [5.41, 5.74) is -1.13. The van der Waals surface area contributed by atoms with Gasteiger partial charge in [-0.1, -0.05) is 0 Å². The number of aromatic nitrogens is 2. The standard InChI is InChI=1S/C11H16N4O4S/c1-3-12-9(17)7(14-6(2)16)5-20-8-4-13-11(19)15-10(8)18/h4,7H,3,5H2,1-2H3,(H,12,17)(H,14,16)(H2,13,15,18,19). The van der Waals surface area contributed by atoms with Crippen LogP contribution in [0.5, 0.6) is 0 Å². The van der Waals surface area contributed by atoms with Gasteiger partial charge < -0.3 is 15.6 Å². The number of aromatic amines is 2. The van der Waals surface area contributed by atoms with E-state index in [9.17, 15) is 19.2 Å². The molecule has 1 atom stereocenters. The van der Waals surface area contributed by atoms with Crippen LogP contribution in [0, 0.1) is 0 Å². The number of amides is 2. The van der Waals surface area contributed by atoms with Crippen LogP contribution in [0.3, 0.4) is 0 Å². The molecule has 0 spiro atoms. The van der Waals surface area contributed by atoms with Crippen LogP contribution in [0.25, 0.3) is 0 Å². The molecule has 8 nitrogen and oxygen atoms in total. The normalized spacial score (nSPS) is 11.7. The van der Waals surface area contributed by atoms with E-state index >= 15 is 0 Å². The molecule has 0 bridgehead atoms. The summed E-state index contributed by atoms with van der Waals surface area (Å²) in [5, 5.41) is 5.11. The van der Waals surface area contributed by atoms with Crippen LogP contribution < -0.4 is 21.9 Å². The average Bonchev–Trinajstić information content (AvgIpc) is 2.36. The molecule has 2 amide bonds. The highest BCUT2D eigenvalue weighted by Gasteiger charge is 2.19. The molecule has 0 saturated carbocycles. The van der Waals surface area contributed by atoms with E-state index < -0.39 is 17.3 Å². The van der Waals surface area contributed by atoms with Crippen molar-refractivity contribution in [1.82, 2.24) is 20.6 Å². The molecule has 0 saturated heterocycles. The van der Waals surface area contributed by atoms with Gasteiger partial charge in [-0.2, -0.15) is 0 Å². The number of carbonyl (C=O) groups excluding carboxylic acids is 2. The maximum atomic E-state index is 11.8. The van der Waals surface area contributed by atoms with E-state index in [1.165, 1.54) is 13.1 Å². The lowest BCUT2D eigenvalue weighted by molar-refractivity contribution is -0.127. The highest BCUT2D eigenvalue weighted by Crippen LogP contribution is 2.12. The van der Waals surface area contributed by atoms with E-state index in [1.807, 2.05) is 0 Å². The lowest BCUT2D eigenvalue weighted by atomic mass is 10.3. The van der Waals surface area contributed by atoms with Crippen molar-refractivity contribution < 1.29 is 9.59 Å². The van der Waals surface area contributed by atoms with Gasteiger partial charge in [0, 0.05) is 25.4 Å². The van der Waals surface area contributed by atoms with Gasteiger partial charge in [0.2, 0.25) is 11.8 Å². The Labute approximate surface area is 118 Å². The number of thioether (sulfide) groups is 1. The molecule has 1 unspecified atom stereocenters. The van der Waals surface area contributed by atoms with E-state index in [0.29, 0.717) is 6.54 Å². The molecule has 9 heteroatoms. The van der Waals surface area contributed by atoms with Gasteiger partial charge in [-0.3, -0.25) is 19.4 Å². The van der Waals surface area contributed by atoms with Crippen LogP contribution in [-0.2, 0) is 9.59 Å². The Morgan fingerprint density at radius 2 is 2.10 bits per heavy atom. The quantitative estimate of drug-likeness (QED) is 0.491. The lowest BCUT2D eigenvalue weighted by Gasteiger charge is -2.16. The first-order chi connectivity index (χ1) is 9.43. The van der Waals surface area contributed by atoms with E-state index in [0.717, 1.165) is 11.8 Å². The summed E-state index contributed by atoms with van der Waals surface area (Å²) in [6, 6.07) is -0.747. The van der Waals surface area contributed by atoms with Gasteiger partial charge in [0.25, 0.3) is 5.56 Å². The molecule has 0 aliphatic carbocycles. The second-order valence-electron chi connectivity index (χ2n) is 3.89. The van der Waals surface area contributed by atoms with Gasteiger partial charge in [-0.25, -0.2) is 4.79 Å². The minimum absolute atomic E-state index is 0.181. The van der Waals surface area contributed by atoms with Gasteiger partial charge in [-0.05, 0) is 6.92 Å². The average molecular weight is 300 g/mol. The molecular weight excluding hydrogens is 284 g/mol. The zero-order valence-corrected chi connectivity index (χ0v) is 11.9. The van der Waals surface area contributed by atoms with Crippen LogP contribution in [0.1, 0.15) is 13.8 Å². The van der Waals surface area contributed by atoms with Gasteiger partial charge >= 0.3 is 5.69 Å². The number of hydrogen-bond acceptors (Lipinski definition) is 5. The van der Waals surface area contributed by atoms with E-state index in [4.69, 9.17) is 0 Å². The van der Waals surface area contributed by atoms with Crippen LogP contribution in [0.4, 0.5) is 0 Å². The predicted molar refractivity (Wildman–Crippen MR) is 74.7 cm³/mol. The van der Waals surface area contributed by atoms with Crippen molar-refractivity contribution in [2.75, 3.05) is 12.3 Å². The van der Waals surface area contributed by atoms with Crippen molar-refractivity contribution >= 4 is 23.6 Å². The molecule has 0 aromatic carbocycles. The Morgan fingerprint density at radius 3 is 2.65 bits per heavy atom. The summed E-state index contributed by atoms with van der Waals surface area (Å²) in [5.74, 6) is -0.478. The zero-order valence-electron chi connectivity index (χ0n) is 11.1. The van der Waals surface area contributed by atoms with Gasteiger partial charge in [0.1, 0.15) is 6.04 Å². The molecule has 1 rings (SSSR count). The van der Waals surface area contributed by atoms with Crippen molar-refractivity contribution in [2.45, 2.75) is 24.8 Å². The Bertz CT molecular complexity index is 595. The summed E-state index contributed by atoms with van der Waals surface area (Å²) < 4.78 is 0. The first-order valence-corrected chi connectivity index (χ1v) is 6.92. The summed E-state index contributed by atoms with van der Waals surface area (Å²) in [7, 11) is 0. The molecule has 20 heavy (non-hydrogen) atoms. The molecule has 0 aliphatic rings. The molecule has 1 heterocycles. The fourth-order valence-corrected chi connectivity index (χ4v) is 2.31. The Balaban J connectivity index is 2.75. The number of hydrogen-bond donors (Lipinski definition) is 4. The molecule has 0 radical (unpaired) electrons. The predicted octanol–water partition coefficient (Wildman–Crippen LogP) is -1.20. The van der Waals surface area contributed by atoms with Gasteiger partial charge in [0.15, 0.2) is 0 Å². The number of rotatable bonds is 6. The SMILES string of the molecule is CCNC(=O)C(CSc1c[nH]c(=O)[nH]c1=O)NC(C)=O. The molecule has 1 aromatic heterocycles. The minimum atomic E-state index is -0.747. The fraction of sp³-hybridized carbons (Fsp3) is 0.455. The topological polar surface area (TPSA) is 124 Å². The Morgan fingerprint density at radius 1 is 1.40 bits per heavy atom. The van der Waals surface area contributed by atoms with Crippen LogP contribution in [0.15, 0.2) is 20.7 Å². The largest absolute Gasteiger partial charge is 0.355 e. The maximum absolute atomic E-state index is 11.8. The molecule has 0 aliphatic heterocycles. The number of carbonyl (C=O) groups is 2. The highest BCUT2D eigenvalue weighted by atomic mass is 32.2. The first-order valence-electron chi connectivity index (χ1n) is 5.93. The number of H-pyrrole nitrogens is 2. The molecule has 1 aromatic rings. The number of likely N-dealkylation sites (N-methyl/N-ethyl adjacent to an activating group) is 1. The lowest BCUT2D eigenvalue weighted by Crippen LogP contribution is -2.47. The van der Waals surface area contributed by atoms with Crippen molar-refractivity contribution in [3.05, 3.63) is 27.0 Å². The van der Waals surface area contributed by atoms with Gasteiger partial charge in [-0.15, -0.1) is 11.8 Å². The fourth-order valence-electron chi connectivity index (χ4n) is 1.40. The van der Waals surface area contributed by atoms with Crippen molar-refractivity contribution in [1.29, 1.82) is 0 Å². The third-order valence-electron chi connectivity index (χ3n) is 2.24. The molecule has 0 fully saturated rings. The second kappa shape index (κ2) is 7.53. The third-order valence-corrected chi connectivity index (χ3v) is 3.35. The summed E-state index contributed by atoms with van der Waals surface area (Å²) in [4.78, 5) is 49.9. The van der Waals surface area contributed by atoms with E-state index in [2.05, 4.69) is 20.6 Å². The summed E-state index contributed by atoms with van der Waals surface area (Å²) >= 11 is 1.07.